The quantitative estimate of drug-likeness (QED) is 0.799. The van der Waals surface area contributed by atoms with E-state index in [1.54, 1.807) is 12.1 Å². The predicted molar refractivity (Wildman–Crippen MR) is 88.3 cm³/mol. The maximum Gasteiger partial charge on any atom is 0.257 e. The molecule has 0 unspecified atom stereocenters. The number of hydrogen-bond acceptors (Lipinski definition) is 4. The number of carbonyl (C=O) groups is 1. The van der Waals surface area contributed by atoms with Crippen molar-refractivity contribution in [1.29, 1.82) is 0 Å². The van der Waals surface area contributed by atoms with Crippen LogP contribution in [0.4, 0.5) is 5.13 Å². The minimum Gasteiger partial charge on any atom is -0.296 e. The van der Waals surface area contributed by atoms with Gasteiger partial charge in [-0.25, -0.2) is 0 Å². The van der Waals surface area contributed by atoms with Gasteiger partial charge in [0.1, 0.15) is 5.01 Å². The molecule has 0 aliphatic rings. The van der Waals surface area contributed by atoms with Crippen molar-refractivity contribution in [2.45, 2.75) is 13.3 Å². The van der Waals surface area contributed by atoms with E-state index >= 15 is 0 Å². The second-order valence-corrected chi connectivity index (χ2v) is 5.99. The summed E-state index contributed by atoms with van der Waals surface area (Å²) in [7, 11) is 0. The van der Waals surface area contributed by atoms with Crippen molar-refractivity contribution in [3.05, 3.63) is 76.3 Å². The first-order valence-electron chi connectivity index (χ1n) is 6.95. The lowest BCUT2D eigenvalue weighted by molar-refractivity contribution is 0.102. The van der Waals surface area contributed by atoms with Crippen molar-refractivity contribution in [1.82, 2.24) is 10.2 Å². The van der Waals surface area contributed by atoms with Crippen LogP contribution in [0.15, 0.2) is 54.6 Å². The van der Waals surface area contributed by atoms with Crippen molar-refractivity contribution in [3.8, 4) is 0 Å². The number of benzene rings is 2. The molecule has 3 aromatic rings. The highest BCUT2D eigenvalue weighted by Crippen LogP contribution is 2.20. The second-order valence-electron chi connectivity index (χ2n) is 4.92. The van der Waals surface area contributed by atoms with Crippen LogP contribution in [0.3, 0.4) is 0 Å². The number of nitrogens with zero attached hydrogens (tertiary/aromatic N) is 2. The molecule has 0 saturated heterocycles. The van der Waals surface area contributed by atoms with E-state index in [4.69, 9.17) is 0 Å². The Bertz CT molecular complexity index is 783. The first kappa shape index (κ1) is 14.4. The van der Waals surface area contributed by atoms with E-state index in [2.05, 4.69) is 34.6 Å². The number of aromatic nitrogens is 2. The van der Waals surface area contributed by atoms with Gasteiger partial charge in [0.05, 0.1) is 0 Å². The molecule has 110 valence electrons. The molecule has 0 spiro atoms. The van der Waals surface area contributed by atoms with Gasteiger partial charge in [-0.2, -0.15) is 0 Å². The molecule has 0 radical (unpaired) electrons. The van der Waals surface area contributed by atoms with Gasteiger partial charge < -0.3 is 0 Å². The third-order valence-corrected chi connectivity index (χ3v) is 4.16. The van der Waals surface area contributed by atoms with Crippen molar-refractivity contribution in [2.75, 3.05) is 5.32 Å². The third kappa shape index (κ3) is 3.38. The molecule has 3 rings (SSSR count). The fourth-order valence-electron chi connectivity index (χ4n) is 2.11. The van der Waals surface area contributed by atoms with E-state index in [0.29, 0.717) is 10.7 Å². The first-order chi connectivity index (χ1) is 10.7. The molecule has 22 heavy (non-hydrogen) atoms. The smallest absolute Gasteiger partial charge is 0.257 e. The van der Waals surface area contributed by atoms with Crippen LogP contribution in [-0.2, 0) is 6.42 Å². The lowest BCUT2D eigenvalue weighted by Gasteiger charge is -2.01. The molecule has 1 N–H and O–H groups in total. The van der Waals surface area contributed by atoms with E-state index in [0.717, 1.165) is 11.4 Å². The molecule has 1 amide bonds. The van der Waals surface area contributed by atoms with Crippen LogP contribution in [0.2, 0.25) is 0 Å². The summed E-state index contributed by atoms with van der Waals surface area (Å²) in [6.45, 7) is 2.08. The van der Waals surface area contributed by atoms with Crippen molar-refractivity contribution >= 4 is 22.4 Å². The number of anilines is 1. The molecule has 5 heteroatoms. The molecule has 0 bridgehead atoms. The Kier molecular flexibility index (Phi) is 4.25. The maximum atomic E-state index is 12.1. The normalized spacial score (nSPS) is 10.4. The van der Waals surface area contributed by atoms with Crippen LogP contribution in [-0.4, -0.2) is 16.1 Å². The summed E-state index contributed by atoms with van der Waals surface area (Å²) in [6, 6.07) is 17.3. The number of nitrogens with one attached hydrogen (secondary N) is 1. The van der Waals surface area contributed by atoms with Gasteiger partial charge in [0.2, 0.25) is 5.13 Å². The summed E-state index contributed by atoms with van der Waals surface area (Å²) < 4.78 is 0. The Labute approximate surface area is 132 Å². The van der Waals surface area contributed by atoms with Crippen LogP contribution in [0.1, 0.15) is 26.5 Å². The number of rotatable bonds is 4. The Morgan fingerprint density at radius 3 is 2.55 bits per heavy atom. The highest BCUT2D eigenvalue weighted by molar-refractivity contribution is 7.15. The summed E-state index contributed by atoms with van der Waals surface area (Å²) in [5.41, 5.74) is 3.06. The average Bonchev–Trinajstić information content (AvgIpc) is 2.97. The molecule has 0 atom stereocenters. The molecule has 2 aromatic carbocycles. The van der Waals surface area contributed by atoms with E-state index in [9.17, 15) is 4.79 Å². The average molecular weight is 309 g/mol. The first-order valence-corrected chi connectivity index (χ1v) is 7.77. The SMILES string of the molecule is Cc1ccccc1Cc1nnc(NC(=O)c2ccccc2)s1. The monoisotopic (exact) mass is 309 g/mol. The Hall–Kier alpha value is -2.53. The molecule has 0 aliphatic heterocycles. The lowest BCUT2D eigenvalue weighted by atomic mass is 10.1. The van der Waals surface area contributed by atoms with Crippen LogP contribution < -0.4 is 5.32 Å². The topological polar surface area (TPSA) is 54.9 Å². The maximum absolute atomic E-state index is 12.1. The van der Waals surface area contributed by atoms with Crippen molar-refractivity contribution in [3.63, 3.8) is 0 Å². The third-order valence-electron chi connectivity index (χ3n) is 3.33. The molecule has 0 saturated carbocycles. The second kappa shape index (κ2) is 6.49. The number of hydrogen-bond donors (Lipinski definition) is 1. The van der Waals surface area contributed by atoms with Gasteiger partial charge in [-0.15, -0.1) is 10.2 Å². The zero-order chi connectivity index (χ0) is 15.4. The number of aryl methyl sites for hydroxylation is 1. The highest BCUT2D eigenvalue weighted by atomic mass is 32.1. The Balaban J connectivity index is 1.69. The van der Waals surface area contributed by atoms with Gasteiger partial charge in [0, 0.05) is 12.0 Å². The lowest BCUT2D eigenvalue weighted by Crippen LogP contribution is -2.11. The fraction of sp³-hybridized carbons (Fsp3) is 0.118. The molecule has 4 nitrogen and oxygen atoms in total. The number of carbonyl (C=O) groups excluding carboxylic acids is 1. The van der Waals surface area contributed by atoms with Crippen molar-refractivity contribution < 1.29 is 4.79 Å². The van der Waals surface area contributed by atoms with E-state index in [-0.39, 0.29) is 5.91 Å². The molecular formula is C17H15N3OS. The summed E-state index contributed by atoms with van der Waals surface area (Å²) in [6.07, 6.45) is 0.728. The summed E-state index contributed by atoms with van der Waals surface area (Å²) in [4.78, 5) is 12.1. The summed E-state index contributed by atoms with van der Waals surface area (Å²) in [5.74, 6) is -0.167. The molecule has 0 fully saturated rings. The Morgan fingerprint density at radius 1 is 1.05 bits per heavy atom. The summed E-state index contributed by atoms with van der Waals surface area (Å²) in [5, 5.41) is 12.4. The standard InChI is InChI=1S/C17H15N3OS/c1-12-7-5-6-10-14(12)11-15-19-20-17(22-15)18-16(21)13-8-3-2-4-9-13/h2-10H,11H2,1H3,(H,18,20,21). The minimum atomic E-state index is -0.167. The fourth-order valence-corrected chi connectivity index (χ4v) is 2.86. The van der Waals surface area contributed by atoms with Crippen LogP contribution >= 0.6 is 11.3 Å². The van der Waals surface area contributed by atoms with E-state index in [1.807, 2.05) is 30.3 Å². The van der Waals surface area contributed by atoms with Gasteiger partial charge in [-0.3, -0.25) is 10.1 Å². The van der Waals surface area contributed by atoms with Crippen LogP contribution in [0, 0.1) is 6.92 Å². The van der Waals surface area contributed by atoms with Gasteiger partial charge in [0.25, 0.3) is 5.91 Å². The Morgan fingerprint density at radius 2 is 1.77 bits per heavy atom. The van der Waals surface area contributed by atoms with Gasteiger partial charge in [0.15, 0.2) is 0 Å². The molecule has 1 heterocycles. The number of amides is 1. The molecular weight excluding hydrogens is 294 g/mol. The molecule has 0 aliphatic carbocycles. The van der Waals surface area contributed by atoms with Crippen LogP contribution in [0.25, 0.3) is 0 Å². The van der Waals surface area contributed by atoms with Crippen molar-refractivity contribution in [2.24, 2.45) is 0 Å². The highest BCUT2D eigenvalue weighted by Gasteiger charge is 2.10. The van der Waals surface area contributed by atoms with E-state index in [1.165, 1.54) is 22.5 Å². The zero-order valence-electron chi connectivity index (χ0n) is 12.1. The van der Waals surface area contributed by atoms with Crippen LogP contribution in [0.5, 0.6) is 0 Å². The van der Waals surface area contributed by atoms with E-state index < -0.39 is 0 Å². The zero-order valence-corrected chi connectivity index (χ0v) is 12.9. The summed E-state index contributed by atoms with van der Waals surface area (Å²) >= 11 is 1.41. The predicted octanol–water partition coefficient (Wildman–Crippen LogP) is 3.69. The van der Waals surface area contributed by atoms with Gasteiger partial charge in [-0.05, 0) is 30.2 Å². The minimum absolute atomic E-state index is 0.167. The molecule has 1 aromatic heterocycles. The van der Waals surface area contributed by atoms with Gasteiger partial charge in [-0.1, -0.05) is 53.8 Å². The van der Waals surface area contributed by atoms with Gasteiger partial charge >= 0.3 is 0 Å². The largest absolute Gasteiger partial charge is 0.296 e.